The van der Waals surface area contributed by atoms with E-state index in [-0.39, 0.29) is 0 Å². The molecule has 4 nitrogen and oxygen atoms in total. The van der Waals surface area contributed by atoms with Crippen molar-refractivity contribution in [2.75, 3.05) is 7.11 Å². The number of aromatic nitrogens is 3. The van der Waals surface area contributed by atoms with Gasteiger partial charge in [-0.05, 0) is 29.1 Å². The maximum Gasteiger partial charge on any atom is 0.191 e. The molecule has 1 aromatic carbocycles. The molecule has 0 saturated heterocycles. The lowest BCUT2D eigenvalue weighted by Crippen LogP contribution is -1.99. The number of methoxy groups -OCH3 is 1. The molecule has 0 aliphatic carbocycles. The first-order chi connectivity index (χ1) is 10.8. The SMILES string of the molecule is COc1ccc(CSc2nnc(Cc3cccs3)n2C)cc1. The summed E-state index contributed by atoms with van der Waals surface area (Å²) < 4.78 is 7.25. The fourth-order valence-corrected chi connectivity index (χ4v) is 3.65. The van der Waals surface area contributed by atoms with E-state index in [0.717, 1.165) is 28.9 Å². The highest BCUT2D eigenvalue weighted by Crippen LogP contribution is 2.23. The van der Waals surface area contributed by atoms with Crippen LogP contribution in [0, 0.1) is 0 Å². The van der Waals surface area contributed by atoms with Gasteiger partial charge in [-0.3, -0.25) is 0 Å². The quantitative estimate of drug-likeness (QED) is 0.645. The van der Waals surface area contributed by atoms with Crippen LogP contribution in [-0.2, 0) is 19.2 Å². The van der Waals surface area contributed by atoms with E-state index in [9.17, 15) is 0 Å². The molecule has 2 heterocycles. The predicted octanol–water partition coefficient (Wildman–Crippen LogP) is 3.77. The van der Waals surface area contributed by atoms with Crippen LogP contribution in [0.5, 0.6) is 5.75 Å². The molecule has 0 N–H and O–H groups in total. The van der Waals surface area contributed by atoms with E-state index in [1.807, 2.05) is 19.2 Å². The summed E-state index contributed by atoms with van der Waals surface area (Å²) in [5.74, 6) is 2.75. The zero-order chi connectivity index (χ0) is 15.4. The Morgan fingerprint density at radius 1 is 1.18 bits per heavy atom. The van der Waals surface area contributed by atoms with Gasteiger partial charge in [0.2, 0.25) is 0 Å². The van der Waals surface area contributed by atoms with E-state index < -0.39 is 0 Å². The molecule has 114 valence electrons. The minimum atomic E-state index is 0.838. The van der Waals surface area contributed by atoms with E-state index in [0.29, 0.717) is 0 Å². The van der Waals surface area contributed by atoms with E-state index in [1.54, 1.807) is 30.2 Å². The Bertz CT molecular complexity index is 720. The van der Waals surface area contributed by atoms with Gasteiger partial charge in [0, 0.05) is 24.1 Å². The fraction of sp³-hybridized carbons (Fsp3) is 0.250. The number of rotatable bonds is 6. The maximum absolute atomic E-state index is 5.17. The second-order valence-corrected chi connectivity index (χ2v) is 6.83. The van der Waals surface area contributed by atoms with Gasteiger partial charge < -0.3 is 9.30 Å². The number of benzene rings is 1. The van der Waals surface area contributed by atoms with Gasteiger partial charge in [-0.2, -0.15) is 0 Å². The van der Waals surface area contributed by atoms with E-state index in [2.05, 4.69) is 44.4 Å². The van der Waals surface area contributed by atoms with Crippen LogP contribution in [-0.4, -0.2) is 21.9 Å². The highest BCUT2D eigenvalue weighted by Gasteiger charge is 2.10. The second kappa shape index (κ2) is 6.98. The molecule has 0 bridgehead atoms. The van der Waals surface area contributed by atoms with Crippen molar-refractivity contribution in [3.63, 3.8) is 0 Å². The number of hydrogen-bond acceptors (Lipinski definition) is 5. The van der Waals surface area contributed by atoms with Gasteiger partial charge in [0.15, 0.2) is 5.16 Å². The fourth-order valence-electron chi connectivity index (χ4n) is 2.06. The number of hydrogen-bond donors (Lipinski definition) is 0. The summed E-state index contributed by atoms with van der Waals surface area (Å²) in [7, 11) is 3.71. The van der Waals surface area contributed by atoms with E-state index >= 15 is 0 Å². The van der Waals surface area contributed by atoms with Crippen molar-refractivity contribution in [3.05, 3.63) is 58.0 Å². The number of thiophene rings is 1. The van der Waals surface area contributed by atoms with Crippen molar-refractivity contribution in [2.24, 2.45) is 7.05 Å². The number of nitrogens with zero attached hydrogens (tertiary/aromatic N) is 3. The zero-order valence-corrected chi connectivity index (χ0v) is 14.2. The first-order valence-electron chi connectivity index (χ1n) is 6.92. The van der Waals surface area contributed by atoms with Crippen LogP contribution in [0.15, 0.2) is 46.9 Å². The largest absolute Gasteiger partial charge is 0.497 e. The van der Waals surface area contributed by atoms with Gasteiger partial charge in [-0.25, -0.2) is 0 Å². The molecule has 22 heavy (non-hydrogen) atoms. The predicted molar refractivity (Wildman–Crippen MR) is 90.7 cm³/mol. The van der Waals surface area contributed by atoms with Crippen LogP contribution in [0.3, 0.4) is 0 Å². The lowest BCUT2D eigenvalue weighted by Gasteiger charge is -2.04. The van der Waals surface area contributed by atoms with Crippen molar-refractivity contribution in [1.82, 2.24) is 14.8 Å². The van der Waals surface area contributed by atoms with Crippen LogP contribution in [0.4, 0.5) is 0 Å². The first-order valence-corrected chi connectivity index (χ1v) is 8.79. The topological polar surface area (TPSA) is 39.9 Å². The highest BCUT2D eigenvalue weighted by atomic mass is 32.2. The standard InChI is InChI=1S/C16H17N3OS2/c1-19-15(10-14-4-3-9-21-14)17-18-16(19)22-11-12-5-7-13(20-2)8-6-12/h3-9H,10-11H2,1-2H3. The number of thioether (sulfide) groups is 1. The molecule has 0 radical (unpaired) electrons. The van der Waals surface area contributed by atoms with Gasteiger partial charge in [0.25, 0.3) is 0 Å². The molecular formula is C16H17N3OS2. The molecule has 6 heteroatoms. The third kappa shape index (κ3) is 3.51. The third-order valence-electron chi connectivity index (χ3n) is 3.36. The van der Waals surface area contributed by atoms with Crippen molar-refractivity contribution in [3.8, 4) is 5.75 Å². The van der Waals surface area contributed by atoms with Gasteiger partial charge >= 0.3 is 0 Å². The van der Waals surface area contributed by atoms with Crippen LogP contribution in [0.1, 0.15) is 16.3 Å². The molecule has 2 aromatic heterocycles. The third-order valence-corrected chi connectivity index (χ3v) is 5.33. The van der Waals surface area contributed by atoms with Crippen molar-refractivity contribution >= 4 is 23.1 Å². The molecule has 0 fully saturated rings. The van der Waals surface area contributed by atoms with E-state index in [4.69, 9.17) is 4.74 Å². The zero-order valence-electron chi connectivity index (χ0n) is 12.5. The molecule has 0 aliphatic rings. The summed E-state index contributed by atoms with van der Waals surface area (Å²) >= 11 is 3.45. The monoisotopic (exact) mass is 331 g/mol. The van der Waals surface area contributed by atoms with Gasteiger partial charge in [-0.1, -0.05) is 30.0 Å². The van der Waals surface area contributed by atoms with Crippen molar-refractivity contribution < 1.29 is 4.74 Å². The minimum absolute atomic E-state index is 0.838. The Morgan fingerprint density at radius 2 is 2.00 bits per heavy atom. The maximum atomic E-state index is 5.17. The van der Waals surface area contributed by atoms with Crippen molar-refractivity contribution in [1.29, 1.82) is 0 Å². The number of ether oxygens (including phenoxy) is 1. The summed E-state index contributed by atoms with van der Waals surface area (Å²) in [6.45, 7) is 0. The molecule has 0 atom stereocenters. The summed E-state index contributed by atoms with van der Waals surface area (Å²) in [5, 5.41) is 11.6. The van der Waals surface area contributed by atoms with Gasteiger partial charge in [-0.15, -0.1) is 21.5 Å². The smallest absolute Gasteiger partial charge is 0.191 e. The van der Waals surface area contributed by atoms with Gasteiger partial charge in [0.1, 0.15) is 11.6 Å². The van der Waals surface area contributed by atoms with Crippen molar-refractivity contribution in [2.45, 2.75) is 17.3 Å². The van der Waals surface area contributed by atoms with Crippen LogP contribution in [0.25, 0.3) is 0 Å². The first kappa shape index (κ1) is 15.1. The average molecular weight is 331 g/mol. The Balaban J connectivity index is 1.64. The lowest BCUT2D eigenvalue weighted by atomic mass is 10.2. The van der Waals surface area contributed by atoms with Crippen LogP contribution in [0.2, 0.25) is 0 Å². The molecule has 0 spiro atoms. The molecule has 3 rings (SSSR count). The minimum Gasteiger partial charge on any atom is -0.497 e. The van der Waals surface area contributed by atoms with Crippen LogP contribution >= 0.6 is 23.1 Å². The average Bonchev–Trinajstić information content (AvgIpc) is 3.18. The second-order valence-electron chi connectivity index (χ2n) is 4.85. The highest BCUT2D eigenvalue weighted by molar-refractivity contribution is 7.98. The van der Waals surface area contributed by atoms with Crippen LogP contribution < -0.4 is 4.74 Å². The Labute approximate surface area is 138 Å². The molecule has 0 amide bonds. The lowest BCUT2D eigenvalue weighted by molar-refractivity contribution is 0.414. The Kier molecular flexibility index (Phi) is 4.80. The summed E-state index contributed by atoms with van der Waals surface area (Å²) in [6.07, 6.45) is 0.838. The molecule has 3 aromatic rings. The van der Waals surface area contributed by atoms with Gasteiger partial charge in [0.05, 0.1) is 7.11 Å². The van der Waals surface area contributed by atoms with E-state index in [1.165, 1.54) is 10.4 Å². The molecule has 0 saturated carbocycles. The summed E-state index contributed by atoms with van der Waals surface area (Å²) in [5.41, 5.74) is 1.24. The Morgan fingerprint density at radius 3 is 2.68 bits per heavy atom. The summed E-state index contributed by atoms with van der Waals surface area (Å²) in [4.78, 5) is 1.31. The summed E-state index contributed by atoms with van der Waals surface area (Å²) in [6, 6.07) is 12.3. The molecule has 0 unspecified atom stereocenters. The molecular weight excluding hydrogens is 314 g/mol. The Hall–Kier alpha value is -1.79. The molecule has 0 aliphatic heterocycles. The normalized spacial score (nSPS) is 10.8.